The molecule has 0 heterocycles. The monoisotopic (exact) mass is 352 g/mol. The summed E-state index contributed by atoms with van der Waals surface area (Å²) in [5, 5.41) is 6.61. The summed E-state index contributed by atoms with van der Waals surface area (Å²) in [7, 11) is 1.65. The highest BCUT2D eigenvalue weighted by Crippen LogP contribution is 2.22. The Morgan fingerprint density at radius 1 is 1.50 bits per heavy atom. The molecular weight excluding hydrogens is 338 g/mol. The number of nitrogens with one attached hydrogen (secondary N) is 2. The molecule has 16 heavy (non-hydrogen) atoms. The molecule has 0 aromatic heterocycles. The Morgan fingerprint density at radius 2 is 2.25 bits per heavy atom. The van der Waals surface area contributed by atoms with Crippen LogP contribution >= 0.6 is 34.2 Å². The fraction of sp³-hybridized carbons (Fsp3) is 0.364. The van der Waals surface area contributed by atoms with Crippen molar-refractivity contribution in [3.8, 4) is 0 Å². The Kier molecular flexibility index (Phi) is 5.90. The average molecular weight is 353 g/mol. The minimum Gasteiger partial charge on any atom is -0.384 e. The summed E-state index contributed by atoms with van der Waals surface area (Å²) in [6, 6.07) is 5.71. The summed E-state index contributed by atoms with van der Waals surface area (Å²) in [6.07, 6.45) is 1.37. The number of benzene rings is 1. The first-order valence-corrected chi connectivity index (χ1v) is 6.48. The third-order valence-electron chi connectivity index (χ3n) is 2.11. The van der Waals surface area contributed by atoms with E-state index >= 15 is 0 Å². The predicted molar refractivity (Wildman–Crippen MR) is 76.0 cm³/mol. The maximum Gasteiger partial charge on any atom is 0.219 e. The molecule has 2 N–H and O–H groups in total. The van der Waals surface area contributed by atoms with Crippen molar-refractivity contribution in [1.29, 1.82) is 0 Å². The fourth-order valence-corrected chi connectivity index (χ4v) is 2.29. The molecule has 0 unspecified atom stereocenters. The minimum absolute atomic E-state index is 0.0765. The highest BCUT2D eigenvalue weighted by molar-refractivity contribution is 14.1. The van der Waals surface area contributed by atoms with Gasteiger partial charge >= 0.3 is 0 Å². The van der Waals surface area contributed by atoms with Crippen molar-refractivity contribution >= 4 is 45.8 Å². The zero-order valence-electron chi connectivity index (χ0n) is 9.02. The van der Waals surface area contributed by atoms with Gasteiger partial charge in [-0.1, -0.05) is 11.6 Å². The lowest BCUT2D eigenvalue weighted by molar-refractivity contribution is -0.120. The summed E-state index contributed by atoms with van der Waals surface area (Å²) >= 11 is 8.09. The maximum atomic E-state index is 11.0. The van der Waals surface area contributed by atoms with Crippen LogP contribution in [-0.4, -0.2) is 19.5 Å². The number of hydrogen-bond acceptors (Lipinski definition) is 2. The zero-order valence-corrected chi connectivity index (χ0v) is 11.9. The van der Waals surface area contributed by atoms with Crippen LogP contribution in [0.15, 0.2) is 18.2 Å². The maximum absolute atomic E-state index is 11.0. The SMILES string of the molecule is CNC(=O)CCCNc1ccc(Cl)cc1I. The lowest BCUT2D eigenvalue weighted by Crippen LogP contribution is -2.18. The van der Waals surface area contributed by atoms with Gasteiger partial charge in [0, 0.05) is 34.3 Å². The lowest BCUT2D eigenvalue weighted by Gasteiger charge is -2.08. The van der Waals surface area contributed by atoms with Crippen molar-refractivity contribution in [2.75, 3.05) is 18.9 Å². The van der Waals surface area contributed by atoms with Gasteiger partial charge in [0.2, 0.25) is 5.91 Å². The standard InChI is InChI=1S/C11H14ClIN2O/c1-14-11(16)3-2-6-15-10-5-4-8(12)7-9(10)13/h4-5,7,15H,2-3,6H2,1H3,(H,14,16). The van der Waals surface area contributed by atoms with Crippen LogP contribution in [0.4, 0.5) is 5.69 Å². The van der Waals surface area contributed by atoms with Gasteiger partial charge in [-0.2, -0.15) is 0 Å². The van der Waals surface area contributed by atoms with E-state index in [4.69, 9.17) is 11.6 Å². The zero-order chi connectivity index (χ0) is 12.0. The summed E-state index contributed by atoms with van der Waals surface area (Å²) in [5.41, 5.74) is 1.06. The van der Waals surface area contributed by atoms with E-state index in [0.29, 0.717) is 6.42 Å². The number of amides is 1. The second-order valence-electron chi connectivity index (χ2n) is 3.33. The molecule has 0 saturated heterocycles. The Hall–Kier alpha value is -0.490. The normalized spacial score (nSPS) is 9.94. The molecule has 1 aromatic rings. The van der Waals surface area contributed by atoms with Crippen LogP contribution in [0, 0.1) is 3.57 Å². The van der Waals surface area contributed by atoms with Gasteiger partial charge in [-0.25, -0.2) is 0 Å². The topological polar surface area (TPSA) is 41.1 Å². The van der Waals surface area contributed by atoms with Gasteiger partial charge in [0.15, 0.2) is 0 Å². The average Bonchev–Trinajstić information content (AvgIpc) is 2.26. The highest BCUT2D eigenvalue weighted by atomic mass is 127. The molecule has 0 radical (unpaired) electrons. The number of rotatable bonds is 5. The molecule has 0 saturated carbocycles. The third kappa shape index (κ3) is 4.57. The van der Waals surface area contributed by atoms with E-state index in [1.807, 2.05) is 18.2 Å². The molecule has 0 aliphatic rings. The van der Waals surface area contributed by atoms with Crippen LogP contribution in [-0.2, 0) is 4.79 Å². The number of carbonyl (C=O) groups is 1. The Bertz CT molecular complexity index is 371. The van der Waals surface area contributed by atoms with E-state index in [1.165, 1.54) is 0 Å². The van der Waals surface area contributed by atoms with Crippen LogP contribution in [0.3, 0.4) is 0 Å². The molecule has 1 rings (SSSR count). The van der Waals surface area contributed by atoms with E-state index in [1.54, 1.807) is 7.05 Å². The fourth-order valence-electron chi connectivity index (χ4n) is 1.23. The van der Waals surface area contributed by atoms with Gasteiger partial charge in [-0.05, 0) is 47.2 Å². The molecule has 0 aliphatic carbocycles. The minimum atomic E-state index is 0.0765. The van der Waals surface area contributed by atoms with E-state index in [2.05, 4.69) is 33.2 Å². The van der Waals surface area contributed by atoms with Crippen LogP contribution in [0.25, 0.3) is 0 Å². The van der Waals surface area contributed by atoms with Crippen molar-refractivity contribution in [3.05, 3.63) is 26.8 Å². The first kappa shape index (κ1) is 13.6. The summed E-state index contributed by atoms with van der Waals surface area (Å²) in [6.45, 7) is 0.783. The van der Waals surface area contributed by atoms with Crippen LogP contribution in [0.1, 0.15) is 12.8 Å². The second kappa shape index (κ2) is 6.96. The molecular formula is C11H14ClIN2O. The lowest BCUT2D eigenvalue weighted by atomic mass is 10.2. The second-order valence-corrected chi connectivity index (χ2v) is 4.93. The van der Waals surface area contributed by atoms with Crippen LogP contribution in [0.5, 0.6) is 0 Å². The van der Waals surface area contributed by atoms with E-state index in [9.17, 15) is 4.79 Å². The first-order valence-electron chi connectivity index (χ1n) is 5.03. The van der Waals surface area contributed by atoms with Crippen molar-refractivity contribution in [3.63, 3.8) is 0 Å². The van der Waals surface area contributed by atoms with E-state index in [-0.39, 0.29) is 5.91 Å². The van der Waals surface area contributed by atoms with E-state index < -0.39 is 0 Å². The highest BCUT2D eigenvalue weighted by Gasteiger charge is 2.01. The third-order valence-corrected chi connectivity index (χ3v) is 3.23. The van der Waals surface area contributed by atoms with Crippen molar-refractivity contribution in [2.24, 2.45) is 0 Å². The van der Waals surface area contributed by atoms with Gasteiger partial charge < -0.3 is 10.6 Å². The molecule has 0 aliphatic heterocycles. The molecule has 0 atom stereocenters. The largest absolute Gasteiger partial charge is 0.384 e. The number of carbonyl (C=O) groups excluding carboxylic acids is 1. The summed E-state index contributed by atoms with van der Waals surface area (Å²) in [4.78, 5) is 11.0. The molecule has 0 spiro atoms. The predicted octanol–water partition coefficient (Wildman–Crippen LogP) is 2.88. The molecule has 88 valence electrons. The number of halogens is 2. The molecule has 1 amide bonds. The molecule has 5 heteroatoms. The quantitative estimate of drug-likeness (QED) is 0.632. The Labute approximate surface area is 114 Å². The van der Waals surface area contributed by atoms with Gasteiger partial charge in [-0.3, -0.25) is 4.79 Å². The number of anilines is 1. The Morgan fingerprint density at radius 3 is 2.88 bits per heavy atom. The first-order chi connectivity index (χ1) is 7.63. The Balaban J connectivity index is 2.35. The summed E-state index contributed by atoms with van der Waals surface area (Å²) in [5.74, 6) is 0.0765. The van der Waals surface area contributed by atoms with E-state index in [0.717, 1.165) is 27.2 Å². The van der Waals surface area contributed by atoms with Crippen molar-refractivity contribution in [2.45, 2.75) is 12.8 Å². The van der Waals surface area contributed by atoms with Gasteiger partial charge in [0.05, 0.1) is 0 Å². The molecule has 3 nitrogen and oxygen atoms in total. The summed E-state index contributed by atoms with van der Waals surface area (Å²) < 4.78 is 1.09. The van der Waals surface area contributed by atoms with Gasteiger partial charge in [0.25, 0.3) is 0 Å². The van der Waals surface area contributed by atoms with Gasteiger partial charge in [0.1, 0.15) is 0 Å². The van der Waals surface area contributed by atoms with Crippen LogP contribution in [0.2, 0.25) is 5.02 Å². The van der Waals surface area contributed by atoms with Crippen molar-refractivity contribution < 1.29 is 4.79 Å². The van der Waals surface area contributed by atoms with Crippen molar-refractivity contribution in [1.82, 2.24) is 5.32 Å². The van der Waals surface area contributed by atoms with Crippen LogP contribution < -0.4 is 10.6 Å². The molecule has 1 aromatic carbocycles. The van der Waals surface area contributed by atoms with Gasteiger partial charge in [-0.15, -0.1) is 0 Å². The number of hydrogen-bond donors (Lipinski definition) is 2. The molecule has 0 bridgehead atoms. The smallest absolute Gasteiger partial charge is 0.219 e. The molecule has 0 fully saturated rings.